The van der Waals surface area contributed by atoms with Gasteiger partial charge < -0.3 is 20.1 Å². The third-order valence-corrected chi connectivity index (χ3v) is 2.90. The molecule has 0 fully saturated rings. The fourth-order valence-electron chi connectivity index (χ4n) is 1.84. The fourth-order valence-corrected chi connectivity index (χ4v) is 1.84. The number of carbonyl (C=O) groups is 1. The molecule has 8 heteroatoms. The molecule has 2 rings (SSSR count). The van der Waals surface area contributed by atoms with Gasteiger partial charge in [0.2, 0.25) is 12.7 Å². The second-order valence-electron chi connectivity index (χ2n) is 4.43. The molecule has 1 amide bonds. The van der Waals surface area contributed by atoms with Gasteiger partial charge in [-0.05, 0) is 7.05 Å². The van der Waals surface area contributed by atoms with E-state index in [4.69, 9.17) is 9.47 Å². The molecule has 0 aromatic heterocycles. The lowest BCUT2D eigenvalue weighted by Gasteiger charge is -2.12. The Morgan fingerprint density at radius 1 is 1.45 bits per heavy atom. The van der Waals surface area contributed by atoms with Crippen LogP contribution in [-0.2, 0) is 4.79 Å². The zero-order chi connectivity index (χ0) is 14.7. The maximum atomic E-state index is 11.9. The molecular formula is C12H15N3O5. The molecule has 0 saturated carbocycles. The highest BCUT2D eigenvalue weighted by Gasteiger charge is 2.25. The zero-order valence-corrected chi connectivity index (χ0v) is 11.1. The molecule has 0 saturated heterocycles. The Morgan fingerprint density at radius 2 is 2.10 bits per heavy atom. The van der Waals surface area contributed by atoms with E-state index in [0.29, 0.717) is 18.0 Å². The summed E-state index contributed by atoms with van der Waals surface area (Å²) in [6.45, 7) is 2.22. The minimum atomic E-state index is -0.569. The van der Waals surface area contributed by atoms with Gasteiger partial charge in [0.1, 0.15) is 5.69 Å². The van der Waals surface area contributed by atoms with Crippen molar-refractivity contribution in [2.75, 3.05) is 25.7 Å². The molecule has 20 heavy (non-hydrogen) atoms. The second kappa shape index (κ2) is 5.74. The summed E-state index contributed by atoms with van der Waals surface area (Å²) in [6, 6.07) is 2.66. The quantitative estimate of drug-likeness (QED) is 0.619. The largest absolute Gasteiger partial charge is 0.454 e. The van der Waals surface area contributed by atoms with Crippen molar-refractivity contribution in [3.8, 4) is 11.5 Å². The van der Waals surface area contributed by atoms with Gasteiger partial charge in [-0.25, -0.2) is 0 Å². The molecule has 8 nitrogen and oxygen atoms in total. The Morgan fingerprint density at radius 3 is 2.70 bits per heavy atom. The minimum absolute atomic E-state index is 0.0139. The third kappa shape index (κ3) is 2.80. The number of nitrogens with one attached hydrogen (secondary N) is 2. The molecule has 0 spiro atoms. The molecule has 1 atom stereocenters. The predicted octanol–water partition coefficient (Wildman–Crippen LogP) is 1.12. The lowest BCUT2D eigenvalue weighted by atomic mass is 10.1. The van der Waals surface area contributed by atoms with Crippen molar-refractivity contribution in [1.82, 2.24) is 5.32 Å². The van der Waals surface area contributed by atoms with E-state index in [1.807, 2.05) is 0 Å². The average molecular weight is 281 g/mol. The van der Waals surface area contributed by atoms with Gasteiger partial charge in [0.05, 0.1) is 11.0 Å². The van der Waals surface area contributed by atoms with Crippen molar-refractivity contribution in [1.29, 1.82) is 0 Å². The van der Waals surface area contributed by atoms with Crippen molar-refractivity contribution >= 4 is 17.3 Å². The summed E-state index contributed by atoms with van der Waals surface area (Å²) in [5.41, 5.74) is -0.119. The molecule has 1 aromatic rings. The van der Waals surface area contributed by atoms with Crippen LogP contribution in [0.1, 0.15) is 6.92 Å². The Bertz CT molecular complexity index is 546. The highest BCUT2D eigenvalue weighted by molar-refractivity contribution is 5.95. The summed E-state index contributed by atoms with van der Waals surface area (Å²) in [6.07, 6.45) is 0. The number of hydrogen-bond acceptors (Lipinski definition) is 6. The van der Waals surface area contributed by atoms with E-state index in [1.165, 1.54) is 12.1 Å². The van der Waals surface area contributed by atoms with Crippen LogP contribution in [0.25, 0.3) is 0 Å². The topological polar surface area (TPSA) is 103 Å². The van der Waals surface area contributed by atoms with Gasteiger partial charge in [-0.2, -0.15) is 0 Å². The molecule has 0 radical (unpaired) electrons. The Labute approximate surface area is 115 Å². The number of benzene rings is 1. The lowest BCUT2D eigenvalue weighted by Crippen LogP contribution is -2.28. The Hall–Kier alpha value is -2.35. The number of nitro benzene ring substituents is 1. The van der Waals surface area contributed by atoms with E-state index >= 15 is 0 Å². The second-order valence-corrected chi connectivity index (χ2v) is 4.43. The van der Waals surface area contributed by atoms with E-state index in [-0.39, 0.29) is 30.0 Å². The number of hydrogen-bond donors (Lipinski definition) is 2. The first-order valence-electron chi connectivity index (χ1n) is 6.06. The predicted molar refractivity (Wildman–Crippen MR) is 70.9 cm³/mol. The average Bonchev–Trinajstić information content (AvgIpc) is 2.84. The summed E-state index contributed by atoms with van der Waals surface area (Å²) in [4.78, 5) is 22.4. The zero-order valence-electron chi connectivity index (χ0n) is 11.1. The van der Waals surface area contributed by atoms with Crippen LogP contribution in [0.4, 0.5) is 11.4 Å². The third-order valence-electron chi connectivity index (χ3n) is 2.90. The number of nitro groups is 1. The van der Waals surface area contributed by atoms with Crippen LogP contribution in [0.2, 0.25) is 0 Å². The first kappa shape index (κ1) is 14.1. The van der Waals surface area contributed by atoms with Gasteiger partial charge in [0.15, 0.2) is 11.5 Å². The van der Waals surface area contributed by atoms with Crippen molar-refractivity contribution in [2.45, 2.75) is 6.92 Å². The van der Waals surface area contributed by atoms with Crippen molar-refractivity contribution in [3.05, 3.63) is 22.2 Å². The number of carbonyl (C=O) groups excluding carboxylic acids is 1. The smallest absolute Gasteiger partial charge is 0.296 e. The van der Waals surface area contributed by atoms with Gasteiger partial charge in [-0.1, -0.05) is 6.92 Å². The van der Waals surface area contributed by atoms with Crippen LogP contribution in [0.15, 0.2) is 12.1 Å². The molecule has 108 valence electrons. The monoisotopic (exact) mass is 281 g/mol. The van der Waals surface area contributed by atoms with E-state index in [0.717, 1.165) is 0 Å². The number of ether oxygens (including phenoxy) is 2. The fraction of sp³-hybridized carbons (Fsp3) is 0.417. The van der Waals surface area contributed by atoms with Crippen LogP contribution < -0.4 is 20.1 Å². The highest BCUT2D eigenvalue weighted by Crippen LogP contribution is 2.40. The maximum absolute atomic E-state index is 11.9. The van der Waals surface area contributed by atoms with Crippen LogP contribution in [0.5, 0.6) is 11.5 Å². The number of rotatable bonds is 5. The SMILES string of the molecule is CNCC(C)C(=O)Nc1cc2c(cc1[N+](=O)[O-])OCO2. The first-order valence-corrected chi connectivity index (χ1v) is 6.06. The molecular weight excluding hydrogens is 266 g/mol. The lowest BCUT2D eigenvalue weighted by molar-refractivity contribution is -0.384. The van der Waals surface area contributed by atoms with Crippen LogP contribution in [-0.4, -0.2) is 31.2 Å². The summed E-state index contributed by atoms with van der Waals surface area (Å²) in [5, 5.41) is 16.5. The number of fused-ring (bicyclic) bond motifs is 1. The van der Waals surface area contributed by atoms with E-state index < -0.39 is 4.92 Å². The van der Waals surface area contributed by atoms with Crippen LogP contribution in [0.3, 0.4) is 0 Å². The molecule has 2 N–H and O–H groups in total. The summed E-state index contributed by atoms with van der Waals surface area (Å²) in [5.74, 6) is 0.0662. The number of amides is 1. The number of anilines is 1. The normalized spacial score (nSPS) is 13.9. The van der Waals surface area contributed by atoms with Crippen molar-refractivity contribution in [2.24, 2.45) is 5.92 Å². The molecule has 1 aliphatic heterocycles. The standard InChI is InChI=1S/C12H15N3O5/c1-7(5-13-2)12(16)14-8-3-10-11(20-6-19-10)4-9(8)15(17)18/h3-4,7,13H,5-6H2,1-2H3,(H,14,16). The van der Waals surface area contributed by atoms with Crippen LogP contribution in [0, 0.1) is 16.0 Å². The maximum Gasteiger partial charge on any atom is 0.296 e. The van der Waals surface area contributed by atoms with Gasteiger partial charge in [-0.15, -0.1) is 0 Å². The van der Waals surface area contributed by atoms with Crippen LogP contribution >= 0.6 is 0 Å². The van der Waals surface area contributed by atoms with Gasteiger partial charge in [0, 0.05) is 18.5 Å². The van der Waals surface area contributed by atoms with E-state index in [9.17, 15) is 14.9 Å². The highest BCUT2D eigenvalue weighted by atomic mass is 16.7. The van der Waals surface area contributed by atoms with Crippen molar-refractivity contribution in [3.63, 3.8) is 0 Å². The van der Waals surface area contributed by atoms with E-state index in [2.05, 4.69) is 10.6 Å². The summed E-state index contributed by atoms with van der Waals surface area (Å²) >= 11 is 0. The molecule has 1 heterocycles. The molecule has 1 aliphatic rings. The molecule has 0 bridgehead atoms. The molecule has 1 aromatic carbocycles. The molecule has 0 aliphatic carbocycles. The van der Waals surface area contributed by atoms with Gasteiger partial charge in [-0.3, -0.25) is 14.9 Å². The first-order chi connectivity index (χ1) is 9.52. The summed E-state index contributed by atoms with van der Waals surface area (Å²) < 4.78 is 10.2. The molecule has 1 unspecified atom stereocenters. The van der Waals surface area contributed by atoms with Gasteiger partial charge >= 0.3 is 0 Å². The number of nitrogens with zero attached hydrogens (tertiary/aromatic N) is 1. The Kier molecular flexibility index (Phi) is 4.04. The van der Waals surface area contributed by atoms with E-state index in [1.54, 1.807) is 14.0 Å². The summed E-state index contributed by atoms with van der Waals surface area (Å²) in [7, 11) is 1.73. The van der Waals surface area contributed by atoms with Gasteiger partial charge in [0.25, 0.3) is 5.69 Å². The Balaban J connectivity index is 2.26. The van der Waals surface area contributed by atoms with Crippen molar-refractivity contribution < 1.29 is 19.2 Å². The minimum Gasteiger partial charge on any atom is -0.454 e.